The van der Waals surface area contributed by atoms with Crippen LogP contribution < -0.4 is 14.4 Å². The summed E-state index contributed by atoms with van der Waals surface area (Å²) in [6, 6.07) is 19.3. The number of carbonyl (C=O) groups is 1. The van der Waals surface area contributed by atoms with E-state index in [4.69, 9.17) is 4.74 Å². The summed E-state index contributed by atoms with van der Waals surface area (Å²) >= 11 is 0. The molecule has 2 aromatic heterocycles. The molecule has 1 saturated carbocycles. The van der Waals surface area contributed by atoms with Gasteiger partial charge in [0.05, 0.1) is 17.1 Å². The topological polar surface area (TPSA) is 106 Å². The molecular weight excluding hydrogens is 526 g/mol. The maximum absolute atomic E-state index is 13.6. The Morgan fingerprint density at radius 2 is 1.77 bits per heavy atom. The Labute approximate surface area is 235 Å². The van der Waals surface area contributed by atoms with E-state index in [1.165, 1.54) is 13.4 Å². The Bertz CT molecular complexity index is 1580. The van der Waals surface area contributed by atoms with Crippen LogP contribution in [-0.4, -0.2) is 54.8 Å². The van der Waals surface area contributed by atoms with Crippen molar-refractivity contribution in [2.45, 2.75) is 44.6 Å². The molecule has 1 aliphatic carbocycles. The first-order chi connectivity index (χ1) is 19.3. The number of aromatic nitrogens is 3. The second-order valence-electron chi connectivity index (χ2n) is 10.4. The van der Waals surface area contributed by atoms with Crippen LogP contribution in [0.1, 0.15) is 48.9 Å². The summed E-state index contributed by atoms with van der Waals surface area (Å²) in [5.74, 6) is 1.99. The average molecular weight is 562 g/mol. The van der Waals surface area contributed by atoms with Crippen molar-refractivity contribution in [1.29, 1.82) is 0 Å². The van der Waals surface area contributed by atoms with E-state index in [9.17, 15) is 13.2 Å². The lowest BCUT2D eigenvalue weighted by molar-refractivity contribution is 0.0889. The van der Waals surface area contributed by atoms with Gasteiger partial charge in [-0.2, -0.15) is 0 Å². The summed E-state index contributed by atoms with van der Waals surface area (Å²) in [5.41, 5.74) is 1.42. The molecule has 1 fully saturated rings. The average Bonchev–Trinajstić information content (AvgIpc) is 3.41. The lowest BCUT2D eigenvalue weighted by Crippen LogP contribution is -2.38. The third-order valence-corrected chi connectivity index (χ3v) is 9.40. The van der Waals surface area contributed by atoms with Gasteiger partial charge in [-0.25, -0.2) is 23.1 Å². The zero-order chi connectivity index (χ0) is 28.3. The highest BCUT2D eigenvalue weighted by molar-refractivity contribution is 7.89. The minimum atomic E-state index is -3.21. The van der Waals surface area contributed by atoms with Crippen molar-refractivity contribution < 1.29 is 17.9 Å². The van der Waals surface area contributed by atoms with Gasteiger partial charge in [0.1, 0.15) is 23.6 Å². The van der Waals surface area contributed by atoms with E-state index in [1.54, 1.807) is 10.8 Å². The minimum absolute atomic E-state index is 0.0922. The van der Waals surface area contributed by atoms with Crippen LogP contribution in [0.5, 0.6) is 11.5 Å². The fourth-order valence-electron chi connectivity index (χ4n) is 5.49. The molecule has 1 atom stereocenters. The quantitative estimate of drug-likeness (QED) is 0.299. The maximum Gasteiger partial charge on any atom is 0.239 e. The van der Waals surface area contributed by atoms with E-state index in [2.05, 4.69) is 19.6 Å². The summed E-state index contributed by atoms with van der Waals surface area (Å²) in [4.78, 5) is 24.8. The lowest BCUT2D eigenvalue weighted by Gasteiger charge is -2.35. The van der Waals surface area contributed by atoms with Gasteiger partial charge < -0.3 is 9.64 Å². The predicted octanol–water partition coefficient (Wildman–Crippen LogP) is 5.21. The number of para-hydroxylation sites is 1. The number of anilines is 1. The molecule has 40 heavy (non-hydrogen) atoms. The molecule has 2 aromatic carbocycles. The molecule has 0 saturated heterocycles. The fraction of sp³-hybridized carbons (Fsp3) is 0.367. The highest BCUT2D eigenvalue weighted by atomic mass is 32.2. The standard InChI is InChI=1S/C30H35N5O4S/c1-21(23-8-7-11-26(18-23)39-25-9-5-4-6-10-25)30(36)35-17-16-27-28(32-20-33-29(27)35)34(3)24-14-12-22(13-15-24)19-40(37,38)31-2/h4-11,16-18,20-22,24,31H,12-15,19H2,1-3H3. The maximum atomic E-state index is 13.6. The smallest absolute Gasteiger partial charge is 0.239 e. The van der Waals surface area contributed by atoms with Crippen LogP contribution >= 0.6 is 0 Å². The number of ether oxygens (including phenoxy) is 1. The number of hydrogen-bond donors (Lipinski definition) is 1. The highest BCUT2D eigenvalue weighted by Crippen LogP contribution is 2.33. The normalized spacial score (nSPS) is 18.4. The van der Waals surface area contributed by atoms with E-state index in [0.29, 0.717) is 11.4 Å². The number of carbonyl (C=O) groups excluding carboxylic acids is 1. The molecule has 5 rings (SSSR count). The minimum Gasteiger partial charge on any atom is -0.457 e. The molecule has 0 aliphatic heterocycles. The van der Waals surface area contributed by atoms with Crippen molar-refractivity contribution in [3.8, 4) is 11.5 Å². The third kappa shape index (κ3) is 6.03. The number of nitrogens with zero attached hydrogens (tertiary/aromatic N) is 4. The fourth-order valence-corrected chi connectivity index (χ4v) is 6.61. The van der Waals surface area contributed by atoms with Crippen molar-refractivity contribution in [2.24, 2.45) is 5.92 Å². The first-order valence-corrected chi connectivity index (χ1v) is 15.2. The molecule has 0 radical (unpaired) electrons. The summed E-state index contributed by atoms with van der Waals surface area (Å²) in [6.45, 7) is 1.89. The molecule has 1 unspecified atom stereocenters. The van der Waals surface area contributed by atoms with Crippen LogP contribution in [0.4, 0.5) is 5.82 Å². The van der Waals surface area contributed by atoms with Gasteiger partial charge >= 0.3 is 0 Å². The SMILES string of the molecule is CNS(=O)(=O)CC1CCC(N(C)c2ncnc3c2ccn3C(=O)C(C)c2cccc(Oc3ccccc3)c2)CC1. The molecule has 0 bridgehead atoms. The van der Waals surface area contributed by atoms with Crippen LogP contribution in [-0.2, 0) is 10.0 Å². The molecular formula is C30H35N5O4S. The van der Waals surface area contributed by atoms with Crippen molar-refractivity contribution in [2.75, 3.05) is 24.7 Å². The Kier molecular flexibility index (Phi) is 8.18. The van der Waals surface area contributed by atoms with Crippen molar-refractivity contribution in [1.82, 2.24) is 19.3 Å². The van der Waals surface area contributed by atoms with E-state index in [1.807, 2.05) is 74.6 Å². The molecule has 2 heterocycles. The molecule has 210 valence electrons. The predicted molar refractivity (Wildman–Crippen MR) is 157 cm³/mol. The Balaban J connectivity index is 1.31. The van der Waals surface area contributed by atoms with Gasteiger partial charge in [0, 0.05) is 19.3 Å². The van der Waals surface area contributed by atoms with Crippen LogP contribution in [0.15, 0.2) is 73.2 Å². The van der Waals surface area contributed by atoms with Gasteiger partial charge in [-0.3, -0.25) is 9.36 Å². The highest BCUT2D eigenvalue weighted by Gasteiger charge is 2.29. The van der Waals surface area contributed by atoms with E-state index < -0.39 is 15.9 Å². The number of rotatable bonds is 9. The molecule has 4 aromatic rings. The van der Waals surface area contributed by atoms with Gasteiger partial charge in [-0.05, 0) is 81.5 Å². The van der Waals surface area contributed by atoms with Gasteiger partial charge in [0.2, 0.25) is 15.9 Å². The molecule has 1 N–H and O–H groups in total. The second kappa shape index (κ2) is 11.8. The Hall–Kier alpha value is -3.76. The van der Waals surface area contributed by atoms with Crippen molar-refractivity contribution in [3.05, 3.63) is 78.8 Å². The first-order valence-electron chi connectivity index (χ1n) is 13.6. The largest absolute Gasteiger partial charge is 0.457 e. The van der Waals surface area contributed by atoms with Crippen LogP contribution in [0.3, 0.4) is 0 Å². The number of fused-ring (bicyclic) bond motifs is 1. The van der Waals surface area contributed by atoms with Crippen molar-refractivity contribution >= 4 is 32.8 Å². The van der Waals surface area contributed by atoms with Crippen LogP contribution in [0, 0.1) is 5.92 Å². The number of sulfonamides is 1. The van der Waals surface area contributed by atoms with Gasteiger partial charge in [0.15, 0.2) is 5.65 Å². The molecule has 10 heteroatoms. The lowest BCUT2D eigenvalue weighted by atomic mass is 9.86. The van der Waals surface area contributed by atoms with E-state index in [0.717, 1.165) is 48.2 Å². The zero-order valence-electron chi connectivity index (χ0n) is 23.0. The Morgan fingerprint density at radius 1 is 1.05 bits per heavy atom. The molecule has 9 nitrogen and oxygen atoms in total. The van der Waals surface area contributed by atoms with E-state index >= 15 is 0 Å². The number of nitrogens with one attached hydrogen (secondary N) is 1. The zero-order valence-corrected chi connectivity index (χ0v) is 23.8. The monoisotopic (exact) mass is 561 g/mol. The summed E-state index contributed by atoms with van der Waals surface area (Å²) in [7, 11) is 0.260. The molecule has 1 aliphatic rings. The van der Waals surface area contributed by atoms with Gasteiger partial charge in [-0.1, -0.05) is 30.3 Å². The summed E-state index contributed by atoms with van der Waals surface area (Å²) in [5, 5.41) is 0.812. The third-order valence-electron chi connectivity index (χ3n) is 7.87. The second-order valence-corrected chi connectivity index (χ2v) is 12.4. The van der Waals surface area contributed by atoms with Crippen LogP contribution in [0.25, 0.3) is 11.0 Å². The number of hydrogen-bond acceptors (Lipinski definition) is 7. The van der Waals surface area contributed by atoms with Gasteiger partial charge in [0.25, 0.3) is 0 Å². The first kappa shape index (κ1) is 27.8. The molecule has 0 spiro atoms. The van der Waals surface area contributed by atoms with Crippen LogP contribution in [0.2, 0.25) is 0 Å². The summed E-state index contributed by atoms with van der Waals surface area (Å²) < 4.78 is 33.9. The van der Waals surface area contributed by atoms with Crippen molar-refractivity contribution in [3.63, 3.8) is 0 Å². The Morgan fingerprint density at radius 3 is 2.50 bits per heavy atom. The number of benzene rings is 2. The molecule has 0 amide bonds. The summed E-state index contributed by atoms with van der Waals surface area (Å²) in [6.07, 6.45) is 6.71. The van der Waals surface area contributed by atoms with E-state index in [-0.39, 0.29) is 23.6 Å². The van der Waals surface area contributed by atoms with Gasteiger partial charge in [-0.15, -0.1) is 0 Å².